The highest BCUT2D eigenvalue weighted by Gasteiger charge is 2.56. The number of ether oxygens (including phenoxy) is 5. The first-order chi connectivity index (χ1) is 28.0. The van der Waals surface area contributed by atoms with E-state index >= 15 is 0 Å². The van der Waals surface area contributed by atoms with E-state index in [1.807, 2.05) is 26.8 Å². The standard InChI is InChI=1S/C46H72N2O11/c1-11-14-34-22-27(2)21-28(3)23-39(56-9)42-40(57-10)25-31(6)46(54,59-42)43(51)44(52)48-20-13-12-15-36(48)45(53)58-41(29(4)16-19-37(34)50)30(5)24-33-17-18-35(47-32(7)49)38(26-33)55-8/h11,22,24,28-29,31,33-36,38-42,54H,1,12-21,23,25-26H2,2-10H3,(H,47,49). The number of aliphatic hydroxyl groups is 1. The quantitative estimate of drug-likeness (QED) is 0.172. The summed E-state index contributed by atoms with van der Waals surface area (Å²) in [6.45, 7) is 15.2. The normalized spacial score (nSPS) is 37.7. The molecule has 3 fully saturated rings. The van der Waals surface area contributed by atoms with Crippen LogP contribution in [0.4, 0.5) is 0 Å². The molecule has 0 aromatic carbocycles. The Morgan fingerprint density at radius 2 is 1.64 bits per heavy atom. The van der Waals surface area contributed by atoms with E-state index in [9.17, 15) is 29.1 Å². The highest BCUT2D eigenvalue weighted by molar-refractivity contribution is 6.39. The Kier molecular flexibility index (Phi) is 18.1. The third-order valence-corrected chi connectivity index (χ3v) is 13.2. The first-order valence-electron chi connectivity index (χ1n) is 21.8. The Morgan fingerprint density at radius 1 is 0.966 bits per heavy atom. The average Bonchev–Trinajstić information content (AvgIpc) is 3.20. The minimum absolute atomic E-state index is 0.0584. The summed E-state index contributed by atoms with van der Waals surface area (Å²) in [7, 11) is 4.73. The number of piperidine rings is 1. The van der Waals surface area contributed by atoms with Gasteiger partial charge in [-0.2, -0.15) is 0 Å². The van der Waals surface area contributed by atoms with Gasteiger partial charge in [0.1, 0.15) is 24.0 Å². The molecule has 0 radical (unpaired) electrons. The fourth-order valence-corrected chi connectivity index (χ4v) is 9.88. The molecule has 13 unspecified atom stereocenters. The van der Waals surface area contributed by atoms with Crippen LogP contribution in [-0.4, -0.2) is 116 Å². The predicted molar refractivity (Wildman–Crippen MR) is 223 cm³/mol. The first kappa shape index (κ1) is 48.4. The number of Topliss-reactive ketones (excluding diaryl/α,β-unsaturated/α-hetero) is 2. The van der Waals surface area contributed by atoms with E-state index in [2.05, 4.69) is 24.9 Å². The van der Waals surface area contributed by atoms with Crippen LogP contribution in [0.2, 0.25) is 0 Å². The molecule has 0 spiro atoms. The van der Waals surface area contributed by atoms with Gasteiger partial charge >= 0.3 is 5.97 Å². The van der Waals surface area contributed by atoms with Crippen molar-refractivity contribution in [3.63, 3.8) is 0 Å². The van der Waals surface area contributed by atoms with Crippen LogP contribution in [0.5, 0.6) is 0 Å². The maximum atomic E-state index is 14.4. The summed E-state index contributed by atoms with van der Waals surface area (Å²) < 4.78 is 30.2. The molecule has 0 aromatic heterocycles. The fourth-order valence-electron chi connectivity index (χ4n) is 9.88. The molecule has 1 saturated carbocycles. The fraction of sp³-hybridized carbons (Fsp3) is 0.761. The number of esters is 1. The molecular weight excluding hydrogens is 757 g/mol. The molecule has 332 valence electrons. The van der Waals surface area contributed by atoms with Crippen molar-refractivity contribution in [2.24, 2.45) is 29.6 Å². The van der Waals surface area contributed by atoms with Crippen molar-refractivity contribution in [1.82, 2.24) is 10.2 Å². The van der Waals surface area contributed by atoms with Gasteiger partial charge in [0.25, 0.3) is 11.7 Å². The van der Waals surface area contributed by atoms with Gasteiger partial charge in [-0.1, -0.05) is 44.6 Å². The van der Waals surface area contributed by atoms with Crippen molar-refractivity contribution in [3.8, 4) is 0 Å². The zero-order valence-electron chi connectivity index (χ0n) is 37.0. The lowest BCUT2D eigenvalue weighted by atomic mass is 9.81. The maximum absolute atomic E-state index is 14.4. The average molecular weight is 829 g/mol. The van der Waals surface area contributed by atoms with Crippen molar-refractivity contribution in [1.29, 1.82) is 0 Å². The van der Waals surface area contributed by atoms with E-state index in [1.165, 1.54) is 11.8 Å². The molecule has 4 aliphatic rings. The first-order valence-corrected chi connectivity index (χ1v) is 21.8. The van der Waals surface area contributed by atoms with E-state index in [0.29, 0.717) is 44.9 Å². The number of carbonyl (C=O) groups excluding carboxylic acids is 5. The summed E-state index contributed by atoms with van der Waals surface area (Å²) in [4.78, 5) is 69.9. The van der Waals surface area contributed by atoms with Gasteiger partial charge < -0.3 is 39.0 Å². The molecule has 3 aliphatic heterocycles. The highest BCUT2D eigenvalue weighted by atomic mass is 16.7. The van der Waals surface area contributed by atoms with Gasteiger partial charge in [-0.05, 0) is 108 Å². The van der Waals surface area contributed by atoms with Crippen molar-refractivity contribution in [2.75, 3.05) is 27.9 Å². The van der Waals surface area contributed by atoms with Crippen molar-refractivity contribution in [3.05, 3.63) is 36.0 Å². The van der Waals surface area contributed by atoms with E-state index in [4.69, 9.17) is 23.7 Å². The van der Waals surface area contributed by atoms with Crippen LogP contribution in [0, 0.1) is 29.6 Å². The van der Waals surface area contributed by atoms with Crippen molar-refractivity contribution in [2.45, 2.75) is 167 Å². The minimum atomic E-state index is -2.48. The summed E-state index contributed by atoms with van der Waals surface area (Å²) in [6.07, 6.45) is 9.22. The van der Waals surface area contributed by atoms with Crippen LogP contribution >= 0.6 is 0 Å². The van der Waals surface area contributed by atoms with Gasteiger partial charge in [-0.25, -0.2) is 4.79 Å². The van der Waals surface area contributed by atoms with Crippen LogP contribution < -0.4 is 5.32 Å². The predicted octanol–water partition coefficient (Wildman–Crippen LogP) is 5.81. The number of nitrogens with one attached hydrogen (secondary N) is 1. The van der Waals surface area contributed by atoms with Crippen LogP contribution in [-0.2, 0) is 47.7 Å². The number of rotatable bonds is 8. The third kappa shape index (κ3) is 12.2. The molecule has 2 saturated heterocycles. The third-order valence-electron chi connectivity index (χ3n) is 13.2. The zero-order valence-corrected chi connectivity index (χ0v) is 37.0. The number of nitrogens with zero attached hydrogens (tertiary/aromatic N) is 1. The second kappa shape index (κ2) is 22.0. The summed E-state index contributed by atoms with van der Waals surface area (Å²) in [5, 5.41) is 15.1. The minimum Gasteiger partial charge on any atom is -0.456 e. The molecule has 4 rings (SSSR count). The number of ketones is 2. The SMILES string of the molecule is C=CCC1C=C(C)CC(C)CC(OC)C2OC(O)(C(=O)C(=O)N3CCCCC3C(=O)OC(C(C)=CC3CCC(NC(C)=O)C(OC)C3)C(C)CCC1=O)C(C)CC2OC. The summed E-state index contributed by atoms with van der Waals surface area (Å²) in [6, 6.07) is -1.16. The largest absolute Gasteiger partial charge is 0.456 e. The van der Waals surface area contributed by atoms with E-state index in [-0.39, 0.29) is 73.3 Å². The number of allylic oxidation sites excluding steroid dienone is 4. The second-order valence-corrected chi connectivity index (χ2v) is 17.9. The molecule has 2 N–H and O–H groups in total. The number of methoxy groups -OCH3 is 3. The summed E-state index contributed by atoms with van der Waals surface area (Å²) in [5.74, 6) is -6.60. The van der Waals surface area contributed by atoms with Gasteiger partial charge in [0.05, 0.1) is 24.4 Å². The van der Waals surface area contributed by atoms with Crippen molar-refractivity contribution < 1.29 is 52.8 Å². The topological polar surface area (TPSA) is 167 Å². The number of hydrogen-bond acceptors (Lipinski definition) is 11. The van der Waals surface area contributed by atoms with Crippen LogP contribution in [0.3, 0.4) is 0 Å². The lowest BCUT2D eigenvalue weighted by Crippen LogP contribution is -2.64. The molecule has 59 heavy (non-hydrogen) atoms. The van der Waals surface area contributed by atoms with Crippen LogP contribution in [0.15, 0.2) is 36.0 Å². The summed E-state index contributed by atoms with van der Waals surface area (Å²) >= 11 is 0. The smallest absolute Gasteiger partial charge is 0.329 e. The van der Waals surface area contributed by atoms with E-state index < -0.39 is 59.8 Å². The summed E-state index contributed by atoms with van der Waals surface area (Å²) in [5.41, 5.74) is 1.85. The Bertz CT molecular complexity index is 1560. The number of cyclic esters (lactones) is 1. The molecule has 2 bridgehead atoms. The highest BCUT2D eigenvalue weighted by Crippen LogP contribution is 2.39. The molecule has 13 nitrogen and oxygen atoms in total. The number of amides is 2. The van der Waals surface area contributed by atoms with Crippen LogP contribution in [0.1, 0.15) is 119 Å². The van der Waals surface area contributed by atoms with Gasteiger partial charge in [-0.15, -0.1) is 6.58 Å². The van der Waals surface area contributed by atoms with E-state index in [1.54, 1.807) is 34.3 Å². The van der Waals surface area contributed by atoms with Crippen molar-refractivity contribution >= 4 is 29.4 Å². The van der Waals surface area contributed by atoms with E-state index in [0.717, 1.165) is 24.0 Å². The number of carbonyl (C=O) groups is 5. The molecule has 2 amide bonds. The second-order valence-electron chi connectivity index (χ2n) is 17.9. The molecule has 0 aromatic rings. The lowest BCUT2D eigenvalue weighted by Gasteiger charge is -2.47. The molecule has 13 atom stereocenters. The molecular formula is C46H72N2O11. The molecule has 13 heteroatoms. The Morgan fingerprint density at radius 3 is 2.29 bits per heavy atom. The number of fused-ring (bicyclic) bond motifs is 3. The zero-order chi connectivity index (χ0) is 43.6. The molecule has 3 heterocycles. The lowest BCUT2D eigenvalue weighted by molar-refractivity contribution is -0.302. The van der Waals surface area contributed by atoms with Gasteiger partial charge in [0.2, 0.25) is 11.7 Å². The Hall–Kier alpha value is -3.23. The van der Waals surface area contributed by atoms with Gasteiger partial charge in [-0.3, -0.25) is 19.2 Å². The monoisotopic (exact) mass is 829 g/mol. The Balaban J connectivity index is 1.74. The Labute approximate surface area is 352 Å². The van der Waals surface area contributed by atoms with Crippen LogP contribution in [0.25, 0.3) is 0 Å². The molecule has 1 aliphatic carbocycles. The van der Waals surface area contributed by atoms with Gasteiger partial charge in [0.15, 0.2) is 0 Å². The number of hydrogen-bond donors (Lipinski definition) is 2. The van der Waals surface area contributed by atoms with Gasteiger partial charge in [0, 0.05) is 53.1 Å². The maximum Gasteiger partial charge on any atom is 0.329 e.